The minimum absolute atomic E-state index is 0.289. The predicted molar refractivity (Wildman–Crippen MR) is 39.7 cm³/mol. The van der Waals surface area contributed by atoms with Crippen LogP contribution >= 0.6 is 0 Å². The van der Waals surface area contributed by atoms with E-state index in [1.54, 1.807) is 0 Å². The highest BCUT2D eigenvalue weighted by Crippen LogP contribution is 2.20. The highest BCUT2D eigenvalue weighted by molar-refractivity contribution is 5.00. The molecule has 0 aromatic heterocycles. The molecular formula is C8H14O2. The van der Waals surface area contributed by atoms with Crippen LogP contribution in [0.5, 0.6) is 0 Å². The third-order valence-corrected chi connectivity index (χ3v) is 1.92. The van der Waals surface area contributed by atoms with E-state index in [1.165, 1.54) is 0 Å². The topological polar surface area (TPSA) is 29.5 Å². The van der Waals surface area contributed by atoms with Crippen LogP contribution in [-0.4, -0.2) is 24.4 Å². The standard InChI is InChI=1S/C8H14O2/c1-6(2)8(9)7-3-4-10-5-7/h7-9H,1,3-5H2,2H3. The molecule has 2 heteroatoms. The first-order valence-electron chi connectivity index (χ1n) is 3.63. The van der Waals surface area contributed by atoms with E-state index < -0.39 is 0 Å². The van der Waals surface area contributed by atoms with Gasteiger partial charge in [0.1, 0.15) is 0 Å². The fourth-order valence-corrected chi connectivity index (χ4v) is 1.20. The second kappa shape index (κ2) is 3.17. The van der Waals surface area contributed by atoms with E-state index in [0.717, 1.165) is 18.6 Å². The molecule has 58 valence electrons. The van der Waals surface area contributed by atoms with Gasteiger partial charge in [-0.3, -0.25) is 0 Å². The van der Waals surface area contributed by atoms with Crippen LogP contribution in [-0.2, 0) is 4.74 Å². The molecule has 2 nitrogen and oxygen atoms in total. The van der Waals surface area contributed by atoms with Crippen molar-refractivity contribution in [2.24, 2.45) is 5.92 Å². The number of aliphatic hydroxyl groups excluding tert-OH is 1. The maximum Gasteiger partial charge on any atom is 0.0795 e. The molecule has 0 bridgehead atoms. The summed E-state index contributed by atoms with van der Waals surface area (Å²) in [6, 6.07) is 0. The third-order valence-electron chi connectivity index (χ3n) is 1.92. The molecule has 0 amide bonds. The monoisotopic (exact) mass is 142 g/mol. The Morgan fingerprint density at radius 1 is 1.80 bits per heavy atom. The summed E-state index contributed by atoms with van der Waals surface area (Å²) in [6.45, 7) is 7.02. The molecule has 1 fully saturated rings. The lowest BCUT2D eigenvalue weighted by Crippen LogP contribution is -2.20. The van der Waals surface area contributed by atoms with Gasteiger partial charge in [-0.05, 0) is 13.3 Å². The Morgan fingerprint density at radius 3 is 2.90 bits per heavy atom. The van der Waals surface area contributed by atoms with Crippen molar-refractivity contribution in [2.45, 2.75) is 19.4 Å². The van der Waals surface area contributed by atoms with Crippen LogP contribution in [0.15, 0.2) is 12.2 Å². The van der Waals surface area contributed by atoms with Crippen LogP contribution in [0.25, 0.3) is 0 Å². The summed E-state index contributed by atoms with van der Waals surface area (Å²) in [5, 5.41) is 9.45. The van der Waals surface area contributed by atoms with Gasteiger partial charge in [-0.1, -0.05) is 12.2 Å². The number of hydrogen-bond acceptors (Lipinski definition) is 2. The Labute approximate surface area is 61.5 Å². The van der Waals surface area contributed by atoms with E-state index in [4.69, 9.17) is 4.74 Å². The van der Waals surface area contributed by atoms with Crippen molar-refractivity contribution < 1.29 is 9.84 Å². The van der Waals surface area contributed by atoms with E-state index in [0.29, 0.717) is 6.61 Å². The molecule has 1 rings (SSSR count). The Morgan fingerprint density at radius 2 is 2.50 bits per heavy atom. The average Bonchev–Trinajstić information content (AvgIpc) is 2.36. The zero-order chi connectivity index (χ0) is 7.56. The summed E-state index contributed by atoms with van der Waals surface area (Å²) in [5.41, 5.74) is 0.843. The van der Waals surface area contributed by atoms with Gasteiger partial charge < -0.3 is 9.84 Å². The summed E-state index contributed by atoms with van der Waals surface area (Å²) in [7, 11) is 0. The molecule has 10 heavy (non-hydrogen) atoms. The van der Waals surface area contributed by atoms with Gasteiger partial charge in [-0.15, -0.1) is 0 Å². The first-order valence-corrected chi connectivity index (χ1v) is 3.63. The van der Waals surface area contributed by atoms with Crippen molar-refractivity contribution in [3.63, 3.8) is 0 Å². The zero-order valence-corrected chi connectivity index (χ0v) is 6.34. The molecule has 0 radical (unpaired) electrons. The fourth-order valence-electron chi connectivity index (χ4n) is 1.20. The maximum absolute atomic E-state index is 9.45. The van der Waals surface area contributed by atoms with E-state index >= 15 is 0 Å². The second-order valence-corrected chi connectivity index (χ2v) is 2.91. The van der Waals surface area contributed by atoms with Crippen molar-refractivity contribution in [3.05, 3.63) is 12.2 Å². The van der Waals surface area contributed by atoms with Gasteiger partial charge in [0.2, 0.25) is 0 Å². The molecule has 0 aromatic carbocycles. The molecule has 1 N–H and O–H groups in total. The summed E-state index contributed by atoms with van der Waals surface area (Å²) >= 11 is 0. The SMILES string of the molecule is C=C(C)C(O)C1CCOC1. The summed E-state index contributed by atoms with van der Waals surface area (Å²) in [6.07, 6.45) is 0.607. The van der Waals surface area contributed by atoms with Gasteiger partial charge in [0.15, 0.2) is 0 Å². The third kappa shape index (κ3) is 1.58. The number of rotatable bonds is 2. The van der Waals surface area contributed by atoms with Crippen molar-refractivity contribution in [1.29, 1.82) is 0 Å². The zero-order valence-electron chi connectivity index (χ0n) is 6.34. The van der Waals surface area contributed by atoms with E-state index in [-0.39, 0.29) is 12.0 Å². The van der Waals surface area contributed by atoms with Crippen LogP contribution in [0.2, 0.25) is 0 Å². The molecule has 0 saturated carbocycles. The Bertz CT molecular complexity index is 125. The summed E-state index contributed by atoms with van der Waals surface area (Å²) < 4.78 is 5.13. The van der Waals surface area contributed by atoms with Gasteiger partial charge >= 0.3 is 0 Å². The fraction of sp³-hybridized carbons (Fsp3) is 0.750. The highest BCUT2D eigenvalue weighted by atomic mass is 16.5. The smallest absolute Gasteiger partial charge is 0.0795 e. The molecule has 1 heterocycles. The summed E-state index contributed by atoms with van der Waals surface area (Å²) in [4.78, 5) is 0. The second-order valence-electron chi connectivity index (χ2n) is 2.91. The normalized spacial score (nSPS) is 28.4. The molecule has 0 aliphatic carbocycles. The van der Waals surface area contributed by atoms with Crippen LogP contribution in [0.3, 0.4) is 0 Å². The number of hydrogen-bond donors (Lipinski definition) is 1. The average molecular weight is 142 g/mol. The van der Waals surface area contributed by atoms with Crippen LogP contribution < -0.4 is 0 Å². The molecular weight excluding hydrogens is 128 g/mol. The minimum Gasteiger partial charge on any atom is -0.388 e. The summed E-state index contributed by atoms with van der Waals surface area (Å²) in [5.74, 6) is 0.289. The van der Waals surface area contributed by atoms with E-state index in [9.17, 15) is 5.11 Å². The predicted octanol–water partition coefficient (Wildman–Crippen LogP) is 0.960. The Balaban J connectivity index is 2.39. The van der Waals surface area contributed by atoms with Gasteiger partial charge in [-0.2, -0.15) is 0 Å². The van der Waals surface area contributed by atoms with Crippen molar-refractivity contribution >= 4 is 0 Å². The lowest BCUT2D eigenvalue weighted by Gasteiger charge is -2.15. The molecule has 2 unspecified atom stereocenters. The molecule has 1 saturated heterocycles. The van der Waals surface area contributed by atoms with Crippen molar-refractivity contribution in [3.8, 4) is 0 Å². The number of aliphatic hydroxyl groups is 1. The molecule has 1 aliphatic rings. The lowest BCUT2D eigenvalue weighted by molar-refractivity contribution is 0.117. The largest absolute Gasteiger partial charge is 0.388 e. The quantitative estimate of drug-likeness (QED) is 0.582. The molecule has 2 atom stereocenters. The van der Waals surface area contributed by atoms with Gasteiger partial charge in [0.05, 0.1) is 12.7 Å². The van der Waals surface area contributed by atoms with E-state index in [1.807, 2.05) is 6.92 Å². The minimum atomic E-state index is -0.359. The first kappa shape index (κ1) is 7.76. The van der Waals surface area contributed by atoms with Crippen molar-refractivity contribution in [2.75, 3.05) is 13.2 Å². The van der Waals surface area contributed by atoms with Crippen molar-refractivity contribution in [1.82, 2.24) is 0 Å². The lowest BCUT2D eigenvalue weighted by atomic mass is 9.97. The van der Waals surface area contributed by atoms with Crippen LogP contribution in [0.4, 0.5) is 0 Å². The molecule has 0 aromatic rings. The van der Waals surface area contributed by atoms with Crippen LogP contribution in [0, 0.1) is 5.92 Å². The highest BCUT2D eigenvalue weighted by Gasteiger charge is 2.23. The van der Waals surface area contributed by atoms with Gasteiger partial charge in [0.25, 0.3) is 0 Å². The molecule has 1 aliphatic heterocycles. The van der Waals surface area contributed by atoms with Gasteiger partial charge in [-0.25, -0.2) is 0 Å². The number of ether oxygens (including phenoxy) is 1. The molecule has 0 spiro atoms. The first-order chi connectivity index (χ1) is 4.72. The van der Waals surface area contributed by atoms with Crippen LogP contribution in [0.1, 0.15) is 13.3 Å². The Kier molecular flexibility index (Phi) is 2.46. The van der Waals surface area contributed by atoms with Gasteiger partial charge in [0, 0.05) is 12.5 Å². The van der Waals surface area contributed by atoms with E-state index in [2.05, 4.69) is 6.58 Å². The Hall–Kier alpha value is -0.340. The maximum atomic E-state index is 9.45.